The van der Waals surface area contributed by atoms with E-state index >= 15 is 0 Å². The van der Waals surface area contributed by atoms with Crippen LogP contribution in [-0.2, 0) is 9.59 Å². The Hall–Kier alpha value is -0.750. The van der Waals surface area contributed by atoms with Crippen molar-refractivity contribution < 1.29 is 9.59 Å². The number of fused-ring (bicyclic) bond motifs is 2. The lowest BCUT2D eigenvalue weighted by Crippen LogP contribution is -2.60. The van der Waals surface area contributed by atoms with Crippen molar-refractivity contribution in [3.05, 3.63) is 0 Å². The Morgan fingerprint density at radius 1 is 1.03 bits per heavy atom. The molecule has 0 aromatic heterocycles. The lowest BCUT2D eigenvalue weighted by atomic mass is 9.65. The standard InChI is InChI=1S/C26H43N3O2S/c1-15-8-9-19(28-25(30)24-12-17-6-4-5-7-23(17)32-24)13-20(15)21-11-18-14-27-16(2)10-22(18)29(3)26(21)31/h15-24,27H,4-14H2,1-3H3,(H,28,30). The predicted molar refractivity (Wildman–Crippen MR) is 130 cm³/mol. The van der Waals surface area contributed by atoms with Crippen molar-refractivity contribution in [3.63, 3.8) is 0 Å². The van der Waals surface area contributed by atoms with E-state index in [1.165, 1.54) is 25.7 Å². The van der Waals surface area contributed by atoms with Crippen LogP contribution in [0.5, 0.6) is 0 Å². The Kier molecular flexibility index (Phi) is 6.82. The lowest BCUT2D eigenvalue weighted by Gasteiger charge is -2.50. The predicted octanol–water partition coefficient (Wildman–Crippen LogP) is 3.82. The third-order valence-corrected chi connectivity index (χ3v) is 11.4. The molecule has 10 atom stereocenters. The quantitative estimate of drug-likeness (QED) is 0.671. The molecule has 3 heterocycles. The van der Waals surface area contributed by atoms with E-state index in [4.69, 9.17) is 0 Å². The van der Waals surface area contributed by atoms with Crippen LogP contribution in [0.3, 0.4) is 0 Å². The van der Waals surface area contributed by atoms with E-state index in [0.29, 0.717) is 41.0 Å². The first-order valence-corrected chi connectivity index (χ1v) is 14.3. The van der Waals surface area contributed by atoms with E-state index in [-0.39, 0.29) is 23.1 Å². The summed E-state index contributed by atoms with van der Waals surface area (Å²) in [6.45, 7) is 5.60. The van der Waals surface area contributed by atoms with Gasteiger partial charge in [0.1, 0.15) is 0 Å². The molecule has 0 spiro atoms. The maximum absolute atomic E-state index is 13.4. The number of hydrogen-bond donors (Lipinski definition) is 2. The zero-order chi connectivity index (χ0) is 22.4. The SMILES string of the molecule is CC1CC2C(CN1)CC(C1CC(NC(=O)C3CC4CCCCC4S3)CCC1C)C(=O)N2C. The number of nitrogens with one attached hydrogen (secondary N) is 2. The Bertz CT molecular complexity index is 703. The second-order valence-corrected chi connectivity index (χ2v) is 13.2. The van der Waals surface area contributed by atoms with Gasteiger partial charge in [0.15, 0.2) is 0 Å². The van der Waals surface area contributed by atoms with Crippen LogP contribution in [0.25, 0.3) is 0 Å². The number of thioether (sulfide) groups is 1. The summed E-state index contributed by atoms with van der Waals surface area (Å²) in [7, 11) is 2.04. The average Bonchev–Trinajstić information content (AvgIpc) is 3.23. The molecule has 2 aliphatic carbocycles. The zero-order valence-electron chi connectivity index (χ0n) is 20.2. The van der Waals surface area contributed by atoms with Crippen LogP contribution in [0.4, 0.5) is 0 Å². The number of amides is 2. The second kappa shape index (κ2) is 9.48. The van der Waals surface area contributed by atoms with Gasteiger partial charge in [0, 0.05) is 42.9 Å². The number of likely N-dealkylation sites (tertiary alicyclic amines) is 1. The van der Waals surface area contributed by atoms with Crippen LogP contribution in [-0.4, -0.2) is 58.9 Å². The monoisotopic (exact) mass is 461 g/mol. The minimum Gasteiger partial charge on any atom is -0.352 e. The summed E-state index contributed by atoms with van der Waals surface area (Å²) >= 11 is 1.95. The number of carbonyl (C=O) groups is 2. The first-order valence-electron chi connectivity index (χ1n) is 13.4. The smallest absolute Gasteiger partial charge is 0.233 e. The molecule has 2 saturated carbocycles. The zero-order valence-corrected chi connectivity index (χ0v) is 21.0. The highest BCUT2D eigenvalue weighted by molar-refractivity contribution is 8.01. The van der Waals surface area contributed by atoms with Gasteiger partial charge in [0.05, 0.1) is 5.25 Å². The largest absolute Gasteiger partial charge is 0.352 e. The Balaban J connectivity index is 1.21. The number of piperidine rings is 2. The normalized spacial score (nSPS) is 47.0. The number of carbonyl (C=O) groups excluding carboxylic acids is 2. The summed E-state index contributed by atoms with van der Waals surface area (Å²) in [5, 5.41) is 7.96. The summed E-state index contributed by atoms with van der Waals surface area (Å²) in [6, 6.07) is 1.13. The van der Waals surface area contributed by atoms with Crippen LogP contribution in [0.1, 0.15) is 78.1 Å². The molecule has 32 heavy (non-hydrogen) atoms. The van der Waals surface area contributed by atoms with Crippen molar-refractivity contribution in [1.29, 1.82) is 0 Å². The highest BCUT2D eigenvalue weighted by atomic mass is 32.2. The van der Waals surface area contributed by atoms with Crippen molar-refractivity contribution >= 4 is 23.6 Å². The van der Waals surface area contributed by atoms with Crippen LogP contribution >= 0.6 is 11.8 Å². The molecule has 5 nitrogen and oxygen atoms in total. The molecule has 5 fully saturated rings. The maximum atomic E-state index is 13.4. The summed E-state index contributed by atoms with van der Waals surface area (Å²) in [5.41, 5.74) is 0. The Morgan fingerprint density at radius 3 is 2.66 bits per heavy atom. The maximum Gasteiger partial charge on any atom is 0.233 e. The van der Waals surface area contributed by atoms with Gasteiger partial charge in [0.2, 0.25) is 11.8 Å². The topological polar surface area (TPSA) is 61.4 Å². The fourth-order valence-electron chi connectivity index (χ4n) is 7.73. The van der Waals surface area contributed by atoms with Crippen molar-refractivity contribution in [2.45, 2.75) is 107 Å². The van der Waals surface area contributed by atoms with Gasteiger partial charge in [-0.3, -0.25) is 9.59 Å². The minimum absolute atomic E-state index is 0.120. The summed E-state index contributed by atoms with van der Waals surface area (Å²) < 4.78 is 0. The Labute approximate surface area is 198 Å². The van der Waals surface area contributed by atoms with E-state index in [0.717, 1.165) is 51.0 Å². The molecular formula is C26H43N3O2S. The van der Waals surface area contributed by atoms with Gasteiger partial charge in [-0.15, -0.1) is 11.8 Å². The first kappa shape index (κ1) is 23.0. The average molecular weight is 462 g/mol. The van der Waals surface area contributed by atoms with E-state index in [1.54, 1.807) is 0 Å². The fraction of sp³-hybridized carbons (Fsp3) is 0.923. The van der Waals surface area contributed by atoms with E-state index in [1.807, 2.05) is 18.8 Å². The molecule has 5 aliphatic rings. The molecule has 0 bridgehead atoms. The van der Waals surface area contributed by atoms with Crippen molar-refractivity contribution in [1.82, 2.24) is 15.5 Å². The van der Waals surface area contributed by atoms with Gasteiger partial charge in [-0.1, -0.05) is 19.8 Å². The lowest BCUT2D eigenvalue weighted by molar-refractivity contribution is -0.148. The van der Waals surface area contributed by atoms with Crippen LogP contribution < -0.4 is 10.6 Å². The molecule has 5 rings (SSSR count). The van der Waals surface area contributed by atoms with Gasteiger partial charge in [-0.2, -0.15) is 0 Å². The van der Waals surface area contributed by atoms with E-state index in [2.05, 4.69) is 29.4 Å². The van der Waals surface area contributed by atoms with Gasteiger partial charge in [-0.05, 0) is 82.0 Å². The molecule has 3 saturated heterocycles. The molecular weight excluding hydrogens is 418 g/mol. The molecule has 180 valence electrons. The van der Waals surface area contributed by atoms with Crippen LogP contribution in [0.2, 0.25) is 0 Å². The molecule has 6 heteroatoms. The van der Waals surface area contributed by atoms with E-state index < -0.39 is 0 Å². The van der Waals surface area contributed by atoms with Gasteiger partial charge in [-0.25, -0.2) is 0 Å². The molecule has 2 amide bonds. The van der Waals surface area contributed by atoms with E-state index in [9.17, 15) is 9.59 Å². The van der Waals surface area contributed by atoms with Crippen molar-refractivity contribution in [2.75, 3.05) is 13.6 Å². The van der Waals surface area contributed by atoms with Crippen molar-refractivity contribution in [2.24, 2.45) is 29.6 Å². The molecule has 2 N–H and O–H groups in total. The number of nitrogens with zero attached hydrogens (tertiary/aromatic N) is 1. The van der Waals surface area contributed by atoms with Gasteiger partial charge < -0.3 is 15.5 Å². The van der Waals surface area contributed by atoms with Crippen molar-refractivity contribution in [3.8, 4) is 0 Å². The van der Waals surface area contributed by atoms with Gasteiger partial charge >= 0.3 is 0 Å². The highest BCUT2D eigenvalue weighted by Gasteiger charge is 2.47. The van der Waals surface area contributed by atoms with Crippen LogP contribution in [0, 0.1) is 29.6 Å². The summed E-state index contributed by atoms with van der Waals surface area (Å²) in [4.78, 5) is 28.7. The molecule has 0 radical (unpaired) electrons. The fourth-order valence-corrected chi connectivity index (χ4v) is 9.47. The summed E-state index contributed by atoms with van der Waals surface area (Å²) in [5.74, 6) is 3.04. The Morgan fingerprint density at radius 2 is 1.84 bits per heavy atom. The highest BCUT2D eigenvalue weighted by Crippen LogP contribution is 2.47. The number of hydrogen-bond acceptors (Lipinski definition) is 4. The summed E-state index contributed by atoms with van der Waals surface area (Å²) in [6.07, 6.45) is 11.6. The van der Waals surface area contributed by atoms with Crippen LogP contribution in [0.15, 0.2) is 0 Å². The number of rotatable bonds is 3. The third kappa shape index (κ3) is 4.47. The minimum atomic E-state index is 0.120. The third-order valence-electron chi connectivity index (χ3n) is 9.70. The first-order chi connectivity index (χ1) is 15.4. The molecule has 3 aliphatic heterocycles. The second-order valence-electron chi connectivity index (χ2n) is 11.8. The molecule has 10 unspecified atom stereocenters. The molecule has 0 aromatic carbocycles. The molecule has 0 aromatic rings. The van der Waals surface area contributed by atoms with Gasteiger partial charge in [0.25, 0.3) is 0 Å².